The monoisotopic (exact) mass is 168 g/mol. The Morgan fingerprint density at radius 1 is 1.25 bits per heavy atom. The summed E-state index contributed by atoms with van der Waals surface area (Å²) in [6.45, 7) is 5.73. The van der Waals surface area contributed by atoms with E-state index in [1.54, 1.807) is 0 Å². The summed E-state index contributed by atoms with van der Waals surface area (Å²) in [6, 6.07) is 1.57. The van der Waals surface area contributed by atoms with Gasteiger partial charge in [-0.3, -0.25) is 0 Å². The van der Waals surface area contributed by atoms with Crippen molar-refractivity contribution in [3.63, 3.8) is 0 Å². The van der Waals surface area contributed by atoms with Crippen molar-refractivity contribution in [3.8, 4) is 0 Å². The Bertz CT molecular complexity index is 161. The molecule has 1 aliphatic heterocycles. The molecule has 1 aliphatic carbocycles. The zero-order chi connectivity index (χ0) is 8.60. The van der Waals surface area contributed by atoms with E-state index < -0.39 is 0 Å². The van der Waals surface area contributed by atoms with Gasteiger partial charge in [0, 0.05) is 24.2 Å². The minimum atomic E-state index is 0.363. The molecule has 70 valence electrons. The number of rotatable bonds is 2. The molecular formula is C10H20N2. The average Bonchev–Trinajstić information content (AvgIpc) is 2.21. The van der Waals surface area contributed by atoms with Gasteiger partial charge in [-0.05, 0) is 33.1 Å². The van der Waals surface area contributed by atoms with Gasteiger partial charge in [0.25, 0.3) is 0 Å². The summed E-state index contributed by atoms with van der Waals surface area (Å²) < 4.78 is 0. The maximum atomic E-state index is 3.71. The second kappa shape index (κ2) is 3.00. The van der Waals surface area contributed by atoms with Crippen LogP contribution in [0.5, 0.6) is 0 Å². The molecule has 2 N–H and O–H groups in total. The number of hydrogen-bond acceptors (Lipinski definition) is 2. The molecule has 1 heterocycles. The summed E-state index contributed by atoms with van der Waals surface area (Å²) in [6.07, 6.45) is 5.51. The Hall–Kier alpha value is -0.0800. The molecule has 0 aromatic carbocycles. The first kappa shape index (κ1) is 8.52. The lowest BCUT2D eigenvalue weighted by Gasteiger charge is -2.30. The number of hydrogen-bond donors (Lipinski definition) is 2. The normalized spacial score (nSPS) is 35.0. The standard InChI is InChI=1S/C10H20N2/c1-10(2)6-9(7-11-10)12-8-4-3-5-8/h8-9,11-12H,3-7H2,1-2H3. The van der Waals surface area contributed by atoms with Gasteiger partial charge in [0.2, 0.25) is 0 Å². The third-order valence-electron chi connectivity index (χ3n) is 3.16. The molecule has 1 unspecified atom stereocenters. The largest absolute Gasteiger partial charge is 0.310 e. The molecular weight excluding hydrogens is 148 g/mol. The SMILES string of the molecule is CC1(C)CC(NC2CCC2)CN1. The van der Waals surface area contributed by atoms with Crippen LogP contribution < -0.4 is 10.6 Å². The molecule has 0 spiro atoms. The first-order valence-electron chi connectivity index (χ1n) is 5.17. The Balaban J connectivity index is 1.75. The van der Waals surface area contributed by atoms with Crippen molar-refractivity contribution in [1.29, 1.82) is 0 Å². The molecule has 1 saturated carbocycles. The van der Waals surface area contributed by atoms with Crippen LogP contribution in [0, 0.1) is 0 Å². The van der Waals surface area contributed by atoms with Gasteiger partial charge in [0.1, 0.15) is 0 Å². The van der Waals surface area contributed by atoms with Gasteiger partial charge in [-0.1, -0.05) is 6.42 Å². The Kier molecular flexibility index (Phi) is 2.13. The van der Waals surface area contributed by atoms with Crippen molar-refractivity contribution in [2.24, 2.45) is 0 Å². The highest BCUT2D eigenvalue weighted by Gasteiger charge is 2.32. The smallest absolute Gasteiger partial charge is 0.0212 e. The van der Waals surface area contributed by atoms with Crippen LogP contribution in [-0.2, 0) is 0 Å². The Morgan fingerprint density at radius 2 is 2.00 bits per heavy atom. The fourth-order valence-electron chi connectivity index (χ4n) is 2.19. The van der Waals surface area contributed by atoms with Crippen molar-refractivity contribution >= 4 is 0 Å². The van der Waals surface area contributed by atoms with E-state index in [0.29, 0.717) is 5.54 Å². The molecule has 0 amide bonds. The van der Waals surface area contributed by atoms with Crippen LogP contribution in [0.3, 0.4) is 0 Å². The lowest BCUT2D eigenvalue weighted by molar-refractivity contribution is 0.305. The first-order chi connectivity index (χ1) is 5.66. The third kappa shape index (κ3) is 1.80. The van der Waals surface area contributed by atoms with Gasteiger partial charge in [-0.15, -0.1) is 0 Å². The maximum Gasteiger partial charge on any atom is 0.0212 e. The third-order valence-corrected chi connectivity index (χ3v) is 3.16. The average molecular weight is 168 g/mol. The second-order valence-corrected chi connectivity index (χ2v) is 4.96. The molecule has 0 aromatic rings. The van der Waals surface area contributed by atoms with Crippen molar-refractivity contribution in [2.45, 2.75) is 57.2 Å². The molecule has 1 atom stereocenters. The van der Waals surface area contributed by atoms with Crippen LogP contribution >= 0.6 is 0 Å². The van der Waals surface area contributed by atoms with E-state index in [0.717, 1.165) is 18.6 Å². The summed E-state index contributed by atoms with van der Waals surface area (Å²) in [5.74, 6) is 0. The van der Waals surface area contributed by atoms with Crippen molar-refractivity contribution in [3.05, 3.63) is 0 Å². The van der Waals surface area contributed by atoms with Crippen LogP contribution in [0.2, 0.25) is 0 Å². The molecule has 0 radical (unpaired) electrons. The minimum Gasteiger partial charge on any atom is -0.310 e. The van der Waals surface area contributed by atoms with E-state index in [4.69, 9.17) is 0 Å². The summed E-state index contributed by atoms with van der Waals surface area (Å²) in [7, 11) is 0. The molecule has 0 bridgehead atoms. The fourth-order valence-corrected chi connectivity index (χ4v) is 2.19. The van der Waals surface area contributed by atoms with Crippen LogP contribution in [0.1, 0.15) is 39.5 Å². The van der Waals surface area contributed by atoms with Crippen LogP contribution in [0.4, 0.5) is 0 Å². The molecule has 12 heavy (non-hydrogen) atoms. The topological polar surface area (TPSA) is 24.1 Å². The van der Waals surface area contributed by atoms with E-state index in [2.05, 4.69) is 24.5 Å². The van der Waals surface area contributed by atoms with E-state index in [1.165, 1.54) is 25.7 Å². The predicted molar refractivity (Wildman–Crippen MR) is 51.3 cm³/mol. The van der Waals surface area contributed by atoms with Gasteiger partial charge in [-0.25, -0.2) is 0 Å². The molecule has 2 nitrogen and oxygen atoms in total. The van der Waals surface area contributed by atoms with Crippen molar-refractivity contribution < 1.29 is 0 Å². The second-order valence-electron chi connectivity index (χ2n) is 4.96. The van der Waals surface area contributed by atoms with Crippen molar-refractivity contribution in [1.82, 2.24) is 10.6 Å². The van der Waals surface area contributed by atoms with Gasteiger partial charge in [0.05, 0.1) is 0 Å². The maximum absolute atomic E-state index is 3.71. The molecule has 2 aliphatic rings. The predicted octanol–water partition coefficient (Wildman–Crippen LogP) is 1.27. The lowest BCUT2D eigenvalue weighted by atomic mass is 9.91. The van der Waals surface area contributed by atoms with Gasteiger partial charge < -0.3 is 10.6 Å². The zero-order valence-corrected chi connectivity index (χ0v) is 8.19. The summed E-state index contributed by atoms with van der Waals surface area (Å²) in [5, 5.41) is 7.25. The minimum absolute atomic E-state index is 0.363. The number of nitrogens with one attached hydrogen (secondary N) is 2. The van der Waals surface area contributed by atoms with Gasteiger partial charge in [-0.2, -0.15) is 0 Å². The van der Waals surface area contributed by atoms with E-state index >= 15 is 0 Å². The molecule has 0 aromatic heterocycles. The lowest BCUT2D eigenvalue weighted by Crippen LogP contribution is -2.43. The highest BCUT2D eigenvalue weighted by atomic mass is 15.1. The summed E-state index contributed by atoms with van der Waals surface area (Å²) in [4.78, 5) is 0. The van der Waals surface area contributed by atoms with Crippen LogP contribution in [0.15, 0.2) is 0 Å². The molecule has 1 saturated heterocycles. The van der Waals surface area contributed by atoms with Crippen LogP contribution in [-0.4, -0.2) is 24.2 Å². The fraction of sp³-hybridized carbons (Fsp3) is 1.00. The van der Waals surface area contributed by atoms with E-state index in [-0.39, 0.29) is 0 Å². The van der Waals surface area contributed by atoms with Gasteiger partial charge >= 0.3 is 0 Å². The Morgan fingerprint density at radius 3 is 2.42 bits per heavy atom. The zero-order valence-electron chi connectivity index (χ0n) is 8.19. The van der Waals surface area contributed by atoms with E-state index in [1.807, 2.05) is 0 Å². The molecule has 2 heteroatoms. The highest BCUT2D eigenvalue weighted by molar-refractivity contribution is 4.95. The van der Waals surface area contributed by atoms with Crippen LogP contribution in [0.25, 0.3) is 0 Å². The Labute approximate surface area is 75.1 Å². The summed E-state index contributed by atoms with van der Waals surface area (Å²) >= 11 is 0. The first-order valence-corrected chi connectivity index (χ1v) is 5.17. The molecule has 2 rings (SSSR count). The van der Waals surface area contributed by atoms with Crippen molar-refractivity contribution in [2.75, 3.05) is 6.54 Å². The van der Waals surface area contributed by atoms with E-state index in [9.17, 15) is 0 Å². The van der Waals surface area contributed by atoms with Gasteiger partial charge in [0.15, 0.2) is 0 Å². The quantitative estimate of drug-likeness (QED) is 0.649. The molecule has 2 fully saturated rings. The summed E-state index contributed by atoms with van der Waals surface area (Å²) in [5.41, 5.74) is 0.363. The highest BCUT2D eigenvalue weighted by Crippen LogP contribution is 2.23.